The molecule has 0 radical (unpaired) electrons. The van der Waals surface area contributed by atoms with Crippen LogP contribution in [0.15, 0.2) is 42.1 Å². The number of aryl methyl sites for hydroxylation is 1. The first-order valence-electron chi connectivity index (χ1n) is 10.1. The molecule has 1 heterocycles. The van der Waals surface area contributed by atoms with E-state index in [0.29, 0.717) is 24.0 Å². The average molecular weight is 425 g/mol. The molecule has 1 N–H and O–H groups in total. The summed E-state index contributed by atoms with van der Waals surface area (Å²) in [5.74, 6) is 1.51. The fraction of sp³-hybridized carbons (Fsp3) is 0.333. The lowest BCUT2D eigenvalue weighted by molar-refractivity contribution is -0.122. The van der Waals surface area contributed by atoms with Gasteiger partial charge in [0, 0.05) is 12.1 Å². The minimum absolute atomic E-state index is 0.0857. The number of hydrogen-bond acceptors (Lipinski definition) is 4. The zero-order valence-corrected chi connectivity index (χ0v) is 18.8. The van der Waals surface area contributed by atoms with Crippen molar-refractivity contribution in [3.8, 4) is 11.5 Å². The number of unbranched alkanes of at least 4 members (excludes halogenated alkanes) is 1. The monoisotopic (exact) mass is 424 g/mol. The molecule has 1 aliphatic heterocycles. The van der Waals surface area contributed by atoms with Crippen LogP contribution in [0.3, 0.4) is 0 Å². The lowest BCUT2D eigenvalue weighted by Crippen LogP contribution is -2.31. The number of carbonyl (C=O) groups is 1. The molecule has 158 valence electrons. The van der Waals surface area contributed by atoms with Gasteiger partial charge in [0.15, 0.2) is 5.11 Å². The standard InChI is InChI=1S/C24H28N2O3S/c1-5-6-12-26-23(27)20(25-24(26)30)14-18-10-11-22(28-4)19(13-18)15-29-21-9-7-8-16(2)17(21)3/h7-11,13-14H,5-6,12,15H2,1-4H3,(H,25,30)/b20-14+. The van der Waals surface area contributed by atoms with Crippen LogP contribution in [-0.2, 0) is 11.4 Å². The average Bonchev–Trinajstić information content (AvgIpc) is 3.00. The van der Waals surface area contributed by atoms with Gasteiger partial charge in [-0.2, -0.15) is 0 Å². The largest absolute Gasteiger partial charge is 0.496 e. The van der Waals surface area contributed by atoms with E-state index >= 15 is 0 Å². The molecular weight excluding hydrogens is 396 g/mol. The molecule has 0 saturated carbocycles. The van der Waals surface area contributed by atoms with Crippen molar-refractivity contribution in [2.45, 2.75) is 40.2 Å². The first kappa shape index (κ1) is 21.8. The van der Waals surface area contributed by atoms with Gasteiger partial charge in [0.05, 0.1) is 7.11 Å². The number of rotatable bonds is 8. The Morgan fingerprint density at radius 3 is 2.70 bits per heavy atom. The van der Waals surface area contributed by atoms with Gasteiger partial charge in [-0.05, 0) is 73.5 Å². The Balaban J connectivity index is 1.80. The number of carbonyl (C=O) groups excluding carboxylic acids is 1. The number of amides is 1. The normalized spacial score (nSPS) is 14.9. The second-order valence-corrected chi connectivity index (χ2v) is 7.74. The molecule has 0 bridgehead atoms. The van der Waals surface area contributed by atoms with Gasteiger partial charge in [-0.1, -0.05) is 31.5 Å². The molecule has 5 nitrogen and oxygen atoms in total. The van der Waals surface area contributed by atoms with Gasteiger partial charge in [-0.25, -0.2) is 0 Å². The Labute approximate surface area is 183 Å². The molecular formula is C24H28N2O3S. The molecule has 0 unspecified atom stereocenters. The van der Waals surface area contributed by atoms with Crippen molar-refractivity contribution < 1.29 is 14.3 Å². The van der Waals surface area contributed by atoms with Crippen LogP contribution in [0.4, 0.5) is 0 Å². The lowest BCUT2D eigenvalue weighted by atomic mass is 10.1. The van der Waals surface area contributed by atoms with Crippen LogP contribution in [0.5, 0.6) is 11.5 Å². The molecule has 1 aliphatic rings. The van der Waals surface area contributed by atoms with E-state index in [1.165, 1.54) is 5.56 Å². The second-order valence-electron chi connectivity index (χ2n) is 7.36. The highest BCUT2D eigenvalue weighted by atomic mass is 32.1. The van der Waals surface area contributed by atoms with Crippen molar-refractivity contribution >= 4 is 29.3 Å². The maximum atomic E-state index is 12.7. The molecule has 6 heteroatoms. The number of nitrogens with one attached hydrogen (secondary N) is 1. The molecule has 1 saturated heterocycles. The first-order valence-corrected chi connectivity index (χ1v) is 10.6. The first-order chi connectivity index (χ1) is 14.4. The van der Waals surface area contributed by atoms with E-state index in [1.54, 1.807) is 12.0 Å². The summed E-state index contributed by atoms with van der Waals surface area (Å²) in [5, 5.41) is 3.50. The Kier molecular flexibility index (Phi) is 7.11. The Hall–Kier alpha value is -2.86. The van der Waals surface area contributed by atoms with Crippen LogP contribution in [0.2, 0.25) is 0 Å². The van der Waals surface area contributed by atoms with E-state index in [0.717, 1.165) is 41.0 Å². The number of thiocarbonyl (C=S) groups is 1. The van der Waals surface area contributed by atoms with Gasteiger partial charge in [-0.15, -0.1) is 0 Å². The predicted octanol–water partition coefficient (Wildman–Crippen LogP) is 4.75. The Bertz CT molecular complexity index is 984. The summed E-state index contributed by atoms with van der Waals surface area (Å²) < 4.78 is 11.6. The summed E-state index contributed by atoms with van der Waals surface area (Å²) in [6.07, 6.45) is 3.75. The zero-order chi connectivity index (χ0) is 21.7. The van der Waals surface area contributed by atoms with Gasteiger partial charge in [-0.3, -0.25) is 9.69 Å². The van der Waals surface area contributed by atoms with Crippen molar-refractivity contribution in [1.82, 2.24) is 10.2 Å². The Morgan fingerprint density at radius 1 is 1.17 bits per heavy atom. The molecule has 3 rings (SSSR count). The predicted molar refractivity (Wildman–Crippen MR) is 124 cm³/mol. The fourth-order valence-corrected chi connectivity index (χ4v) is 3.58. The van der Waals surface area contributed by atoms with Crippen LogP contribution in [-0.4, -0.2) is 29.6 Å². The van der Waals surface area contributed by atoms with Crippen LogP contribution in [0.1, 0.15) is 42.0 Å². The van der Waals surface area contributed by atoms with E-state index in [2.05, 4.69) is 25.2 Å². The topological polar surface area (TPSA) is 50.8 Å². The maximum absolute atomic E-state index is 12.7. The van der Waals surface area contributed by atoms with Crippen molar-refractivity contribution in [2.75, 3.05) is 13.7 Å². The molecule has 1 amide bonds. The number of benzene rings is 2. The molecule has 0 aromatic heterocycles. The van der Waals surface area contributed by atoms with Gasteiger partial charge < -0.3 is 14.8 Å². The number of nitrogens with zero attached hydrogens (tertiary/aromatic N) is 1. The van der Waals surface area contributed by atoms with Crippen LogP contribution in [0, 0.1) is 13.8 Å². The SMILES string of the molecule is CCCCN1C(=O)/C(=C\c2ccc(OC)c(COc3cccc(C)c3C)c2)NC1=S. The molecule has 0 aliphatic carbocycles. The second kappa shape index (κ2) is 9.76. The highest BCUT2D eigenvalue weighted by Crippen LogP contribution is 2.26. The van der Waals surface area contributed by atoms with Crippen molar-refractivity contribution in [2.24, 2.45) is 0 Å². The van der Waals surface area contributed by atoms with E-state index in [9.17, 15) is 4.79 Å². The van der Waals surface area contributed by atoms with Crippen LogP contribution in [0.25, 0.3) is 6.08 Å². The van der Waals surface area contributed by atoms with Gasteiger partial charge in [0.25, 0.3) is 5.91 Å². The summed E-state index contributed by atoms with van der Waals surface area (Å²) in [6, 6.07) is 11.8. The number of ether oxygens (including phenoxy) is 2. The molecule has 2 aromatic rings. The maximum Gasteiger partial charge on any atom is 0.276 e. The van der Waals surface area contributed by atoms with Crippen molar-refractivity contribution in [3.05, 3.63) is 64.3 Å². The summed E-state index contributed by atoms with van der Waals surface area (Å²) >= 11 is 5.32. The summed E-state index contributed by atoms with van der Waals surface area (Å²) in [6.45, 7) is 7.21. The van der Waals surface area contributed by atoms with Gasteiger partial charge in [0.1, 0.15) is 23.8 Å². The molecule has 2 aromatic carbocycles. The fourth-order valence-electron chi connectivity index (χ4n) is 3.29. The lowest BCUT2D eigenvalue weighted by Gasteiger charge is -2.14. The molecule has 0 spiro atoms. The van der Waals surface area contributed by atoms with E-state index in [1.807, 2.05) is 43.3 Å². The van der Waals surface area contributed by atoms with Crippen molar-refractivity contribution in [3.63, 3.8) is 0 Å². The summed E-state index contributed by atoms with van der Waals surface area (Å²) in [5.41, 5.74) is 4.58. The number of methoxy groups -OCH3 is 1. The van der Waals surface area contributed by atoms with Gasteiger partial charge in [0.2, 0.25) is 0 Å². The summed E-state index contributed by atoms with van der Waals surface area (Å²) in [4.78, 5) is 14.3. The van der Waals surface area contributed by atoms with Crippen molar-refractivity contribution in [1.29, 1.82) is 0 Å². The zero-order valence-electron chi connectivity index (χ0n) is 18.0. The Morgan fingerprint density at radius 2 is 1.97 bits per heavy atom. The minimum Gasteiger partial charge on any atom is -0.496 e. The molecule has 0 atom stereocenters. The molecule has 1 fully saturated rings. The van der Waals surface area contributed by atoms with Crippen LogP contribution < -0.4 is 14.8 Å². The third kappa shape index (κ3) is 4.82. The third-order valence-corrected chi connectivity index (χ3v) is 5.57. The smallest absolute Gasteiger partial charge is 0.276 e. The highest BCUT2D eigenvalue weighted by Gasteiger charge is 2.29. The van der Waals surface area contributed by atoms with Gasteiger partial charge >= 0.3 is 0 Å². The quantitative estimate of drug-likeness (QED) is 0.490. The highest BCUT2D eigenvalue weighted by molar-refractivity contribution is 7.80. The van der Waals surface area contributed by atoms with E-state index in [-0.39, 0.29) is 5.91 Å². The van der Waals surface area contributed by atoms with E-state index in [4.69, 9.17) is 21.7 Å². The molecule has 30 heavy (non-hydrogen) atoms. The van der Waals surface area contributed by atoms with Crippen LogP contribution >= 0.6 is 12.2 Å². The third-order valence-electron chi connectivity index (χ3n) is 5.25. The van der Waals surface area contributed by atoms with E-state index < -0.39 is 0 Å². The summed E-state index contributed by atoms with van der Waals surface area (Å²) in [7, 11) is 1.64. The number of hydrogen-bond donors (Lipinski definition) is 1. The minimum atomic E-state index is -0.0857.